The van der Waals surface area contributed by atoms with Crippen LogP contribution >= 0.6 is 0 Å². The van der Waals surface area contributed by atoms with E-state index in [0.717, 1.165) is 12.1 Å². The van der Waals surface area contributed by atoms with Crippen LogP contribution in [0.1, 0.15) is 46.5 Å². The number of nitrogens with zero attached hydrogens (tertiary/aromatic N) is 2. The lowest BCUT2D eigenvalue weighted by Gasteiger charge is -2.39. The van der Waals surface area contributed by atoms with Gasteiger partial charge in [-0.1, -0.05) is 6.08 Å². The lowest BCUT2D eigenvalue weighted by atomic mass is 9.98. The highest BCUT2D eigenvalue weighted by Gasteiger charge is 2.46. The van der Waals surface area contributed by atoms with Gasteiger partial charge in [-0.3, -0.25) is 15.1 Å². The van der Waals surface area contributed by atoms with Crippen LogP contribution in [-0.2, 0) is 9.53 Å². The molecule has 24 heavy (non-hydrogen) atoms. The minimum atomic E-state index is -0.493. The first-order chi connectivity index (χ1) is 11.3. The Labute approximate surface area is 142 Å². The Morgan fingerprint density at radius 2 is 2.12 bits per heavy atom. The molecule has 7 nitrogen and oxygen atoms in total. The summed E-state index contributed by atoms with van der Waals surface area (Å²) in [6, 6.07) is -0.250. The van der Waals surface area contributed by atoms with Gasteiger partial charge in [-0.2, -0.15) is 0 Å². The molecule has 0 bridgehead atoms. The predicted octanol–water partition coefficient (Wildman–Crippen LogP) is 1.55. The van der Waals surface area contributed by atoms with Gasteiger partial charge >= 0.3 is 6.09 Å². The summed E-state index contributed by atoms with van der Waals surface area (Å²) >= 11 is 0. The number of allylic oxidation sites excluding steroid dienone is 1. The first-order valence-corrected chi connectivity index (χ1v) is 8.56. The van der Waals surface area contributed by atoms with Crippen molar-refractivity contribution in [2.45, 2.75) is 63.8 Å². The largest absolute Gasteiger partial charge is 0.444 e. The van der Waals surface area contributed by atoms with Crippen molar-refractivity contribution in [2.24, 2.45) is 4.99 Å². The molecule has 0 saturated carbocycles. The Morgan fingerprint density at radius 1 is 1.42 bits per heavy atom. The van der Waals surface area contributed by atoms with Crippen LogP contribution in [0.15, 0.2) is 16.8 Å². The van der Waals surface area contributed by atoms with E-state index in [2.05, 4.69) is 15.6 Å². The molecule has 1 unspecified atom stereocenters. The molecular formula is C17H26N4O3. The van der Waals surface area contributed by atoms with Crippen molar-refractivity contribution in [3.63, 3.8) is 0 Å². The fraction of sp³-hybridized carbons (Fsp3) is 0.706. The minimum Gasteiger partial charge on any atom is -0.444 e. The second-order valence-corrected chi connectivity index (χ2v) is 7.68. The van der Waals surface area contributed by atoms with Crippen LogP contribution in [0.4, 0.5) is 4.79 Å². The summed E-state index contributed by atoms with van der Waals surface area (Å²) in [6.45, 7) is 6.71. The van der Waals surface area contributed by atoms with Crippen molar-refractivity contribution >= 4 is 18.2 Å². The van der Waals surface area contributed by atoms with Crippen LogP contribution in [-0.4, -0.2) is 53.5 Å². The van der Waals surface area contributed by atoms with E-state index < -0.39 is 11.3 Å². The number of aliphatic imine (C=N–C) groups is 1. The number of hydrogen-bond donors (Lipinski definition) is 2. The van der Waals surface area contributed by atoms with E-state index in [1.807, 2.05) is 33.1 Å². The molecule has 132 valence electrons. The molecule has 1 spiro atoms. The molecule has 0 aromatic rings. The van der Waals surface area contributed by atoms with Crippen molar-refractivity contribution in [3.05, 3.63) is 11.8 Å². The summed E-state index contributed by atoms with van der Waals surface area (Å²) in [5.41, 5.74) is 0.0568. The van der Waals surface area contributed by atoms with Gasteiger partial charge in [0.1, 0.15) is 5.60 Å². The Bertz CT molecular complexity index is 583. The Balaban J connectivity index is 1.55. The summed E-state index contributed by atoms with van der Waals surface area (Å²) in [6.07, 6.45) is 6.43. The maximum atomic E-state index is 12.3. The number of likely N-dealkylation sites (tertiary alicyclic amines) is 1. The number of carbonyl (C=O) groups excluding carboxylic acids is 2. The molecule has 2 fully saturated rings. The molecule has 7 heteroatoms. The first kappa shape index (κ1) is 17.0. The van der Waals surface area contributed by atoms with Gasteiger partial charge in [-0.25, -0.2) is 4.79 Å². The van der Waals surface area contributed by atoms with Crippen LogP contribution in [0, 0.1) is 0 Å². The van der Waals surface area contributed by atoms with Gasteiger partial charge < -0.3 is 15.0 Å². The van der Waals surface area contributed by atoms with E-state index in [1.165, 1.54) is 0 Å². The minimum absolute atomic E-state index is 0.0173. The molecule has 2 amide bonds. The number of piperidine rings is 1. The molecule has 2 N–H and O–H groups in total. The second kappa shape index (κ2) is 6.20. The zero-order valence-corrected chi connectivity index (χ0v) is 14.6. The average Bonchev–Trinajstić information content (AvgIpc) is 3.07. The van der Waals surface area contributed by atoms with Crippen LogP contribution < -0.4 is 10.6 Å². The van der Waals surface area contributed by atoms with Gasteiger partial charge in [0.2, 0.25) is 5.91 Å². The van der Waals surface area contributed by atoms with Crippen molar-refractivity contribution in [3.8, 4) is 0 Å². The van der Waals surface area contributed by atoms with Crippen molar-refractivity contribution in [2.75, 3.05) is 13.1 Å². The molecule has 2 saturated heterocycles. The molecule has 3 aliphatic rings. The van der Waals surface area contributed by atoms with E-state index in [9.17, 15) is 9.59 Å². The van der Waals surface area contributed by atoms with Crippen LogP contribution in [0.2, 0.25) is 0 Å². The quantitative estimate of drug-likeness (QED) is 0.803. The monoisotopic (exact) mass is 334 g/mol. The summed E-state index contributed by atoms with van der Waals surface area (Å²) < 4.78 is 5.42. The van der Waals surface area contributed by atoms with E-state index in [4.69, 9.17) is 4.74 Å². The van der Waals surface area contributed by atoms with Crippen LogP contribution in [0.25, 0.3) is 0 Å². The molecule has 3 aliphatic heterocycles. The van der Waals surface area contributed by atoms with E-state index in [0.29, 0.717) is 32.4 Å². The number of ether oxygens (including phenoxy) is 1. The smallest absolute Gasteiger partial charge is 0.410 e. The predicted molar refractivity (Wildman–Crippen MR) is 90.6 cm³/mol. The van der Waals surface area contributed by atoms with Gasteiger partial charge in [-0.05, 0) is 20.8 Å². The Morgan fingerprint density at radius 3 is 2.71 bits per heavy atom. The average molecular weight is 334 g/mol. The van der Waals surface area contributed by atoms with E-state index in [-0.39, 0.29) is 18.0 Å². The number of rotatable bonds is 2. The fourth-order valence-electron chi connectivity index (χ4n) is 3.33. The molecule has 3 heterocycles. The molecule has 0 aromatic heterocycles. The van der Waals surface area contributed by atoms with Gasteiger partial charge in [-0.15, -0.1) is 0 Å². The van der Waals surface area contributed by atoms with Gasteiger partial charge in [0.15, 0.2) is 0 Å². The van der Waals surface area contributed by atoms with Crippen molar-refractivity contribution in [1.29, 1.82) is 0 Å². The fourth-order valence-corrected chi connectivity index (χ4v) is 3.33. The number of hydrogen-bond acceptors (Lipinski definition) is 5. The molecule has 1 atom stereocenters. The molecular weight excluding hydrogens is 308 g/mol. The zero-order valence-electron chi connectivity index (χ0n) is 14.6. The highest BCUT2D eigenvalue weighted by molar-refractivity contribution is 5.85. The first-order valence-electron chi connectivity index (χ1n) is 8.56. The lowest BCUT2D eigenvalue weighted by molar-refractivity contribution is -0.121. The third-order valence-electron chi connectivity index (χ3n) is 4.53. The van der Waals surface area contributed by atoms with Gasteiger partial charge in [0.25, 0.3) is 0 Å². The molecule has 0 aliphatic carbocycles. The molecule has 3 rings (SSSR count). The maximum Gasteiger partial charge on any atom is 0.410 e. The number of amides is 2. The van der Waals surface area contributed by atoms with Crippen LogP contribution in [0.5, 0.6) is 0 Å². The topological polar surface area (TPSA) is 83.0 Å². The van der Waals surface area contributed by atoms with Crippen molar-refractivity contribution < 1.29 is 14.3 Å². The molecule has 0 aromatic carbocycles. The zero-order chi connectivity index (χ0) is 17.4. The number of carbonyl (C=O) groups is 2. The third kappa shape index (κ3) is 3.77. The SMILES string of the molecule is CC(C)(C)OC(=O)N1CCC2(CC1)NC(=O)C(CC1=CCC=N1)N2. The van der Waals surface area contributed by atoms with Gasteiger partial charge in [0.05, 0.1) is 11.7 Å². The second-order valence-electron chi connectivity index (χ2n) is 7.68. The Hall–Kier alpha value is -1.89. The van der Waals surface area contributed by atoms with Crippen molar-refractivity contribution in [1.82, 2.24) is 15.5 Å². The summed E-state index contributed by atoms with van der Waals surface area (Å²) in [7, 11) is 0. The van der Waals surface area contributed by atoms with Crippen LogP contribution in [0.3, 0.4) is 0 Å². The lowest BCUT2D eigenvalue weighted by Crippen LogP contribution is -2.58. The molecule has 0 radical (unpaired) electrons. The summed E-state index contributed by atoms with van der Waals surface area (Å²) in [5.74, 6) is 0.0173. The highest BCUT2D eigenvalue weighted by Crippen LogP contribution is 2.27. The van der Waals surface area contributed by atoms with E-state index >= 15 is 0 Å². The van der Waals surface area contributed by atoms with Gasteiger partial charge in [0, 0.05) is 50.7 Å². The summed E-state index contributed by atoms with van der Waals surface area (Å²) in [5, 5.41) is 6.53. The summed E-state index contributed by atoms with van der Waals surface area (Å²) in [4.78, 5) is 30.4. The standard InChI is InChI=1S/C17H26N4O3/c1-16(2,3)24-15(23)21-9-6-17(7-10-21)19-13(14(22)20-17)11-12-5-4-8-18-12/h5,8,13,19H,4,6-7,9-11H2,1-3H3,(H,20,22). The number of nitrogens with one attached hydrogen (secondary N) is 2. The Kier molecular flexibility index (Phi) is 4.38. The normalized spacial score (nSPS) is 25.8. The highest BCUT2D eigenvalue weighted by atomic mass is 16.6. The van der Waals surface area contributed by atoms with E-state index in [1.54, 1.807) is 4.90 Å². The maximum absolute atomic E-state index is 12.3. The third-order valence-corrected chi connectivity index (χ3v) is 4.53.